The van der Waals surface area contributed by atoms with Crippen molar-refractivity contribution in [3.05, 3.63) is 59.2 Å². The second-order valence-corrected chi connectivity index (χ2v) is 7.36. The van der Waals surface area contributed by atoms with Gasteiger partial charge in [-0.3, -0.25) is 0 Å². The van der Waals surface area contributed by atoms with E-state index in [0.29, 0.717) is 12.5 Å². The zero-order valence-corrected chi connectivity index (χ0v) is 14.8. The van der Waals surface area contributed by atoms with Gasteiger partial charge in [0, 0.05) is 5.69 Å². The van der Waals surface area contributed by atoms with Gasteiger partial charge in [0.25, 0.3) is 0 Å². The van der Waals surface area contributed by atoms with Crippen molar-refractivity contribution in [2.75, 3.05) is 12.4 Å². The SMILES string of the molecule is CNS(=O)(=O)c1ccc(CN=C(N)Nc2ccc(C)c(C)c2)cc1. The molecule has 24 heavy (non-hydrogen) atoms. The van der Waals surface area contributed by atoms with Crippen molar-refractivity contribution in [3.63, 3.8) is 0 Å². The summed E-state index contributed by atoms with van der Waals surface area (Å²) >= 11 is 0. The molecule has 128 valence electrons. The molecule has 2 aromatic carbocycles. The minimum atomic E-state index is -3.42. The van der Waals surface area contributed by atoms with Crippen molar-refractivity contribution in [1.29, 1.82) is 0 Å². The van der Waals surface area contributed by atoms with Gasteiger partial charge in [-0.15, -0.1) is 0 Å². The van der Waals surface area contributed by atoms with E-state index in [9.17, 15) is 8.42 Å². The van der Waals surface area contributed by atoms with Crippen molar-refractivity contribution >= 4 is 21.7 Å². The van der Waals surface area contributed by atoms with E-state index in [1.54, 1.807) is 24.3 Å². The number of benzene rings is 2. The summed E-state index contributed by atoms with van der Waals surface area (Å²) in [5.74, 6) is 0.310. The van der Waals surface area contributed by atoms with E-state index in [1.165, 1.54) is 18.2 Å². The molecule has 0 bridgehead atoms. The largest absolute Gasteiger partial charge is 0.370 e. The lowest BCUT2D eigenvalue weighted by molar-refractivity contribution is 0.588. The molecule has 0 atom stereocenters. The number of hydrogen-bond acceptors (Lipinski definition) is 3. The number of anilines is 1. The minimum absolute atomic E-state index is 0.221. The first kappa shape index (κ1) is 18.0. The van der Waals surface area contributed by atoms with E-state index in [-0.39, 0.29) is 4.90 Å². The first-order valence-corrected chi connectivity index (χ1v) is 8.97. The van der Waals surface area contributed by atoms with Crippen LogP contribution in [0, 0.1) is 13.8 Å². The smallest absolute Gasteiger partial charge is 0.240 e. The lowest BCUT2D eigenvalue weighted by Gasteiger charge is -2.08. The Kier molecular flexibility index (Phi) is 5.58. The molecule has 6 nitrogen and oxygen atoms in total. The second kappa shape index (κ2) is 7.46. The molecule has 0 amide bonds. The van der Waals surface area contributed by atoms with Gasteiger partial charge in [0.1, 0.15) is 0 Å². The highest BCUT2D eigenvalue weighted by Gasteiger charge is 2.10. The maximum Gasteiger partial charge on any atom is 0.240 e. The molecule has 0 aromatic heterocycles. The Labute approximate surface area is 142 Å². The minimum Gasteiger partial charge on any atom is -0.370 e. The summed E-state index contributed by atoms with van der Waals surface area (Å²) in [5.41, 5.74) is 10.0. The van der Waals surface area contributed by atoms with Crippen LogP contribution in [0.15, 0.2) is 52.4 Å². The third-order valence-corrected chi connectivity index (χ3v) is 5.14. The molecule has 2 rings (SSSR count). The monoisotopic (exact) mass is 346 g/mol. The lowest BCUT2D eigenvalue weighted by Crippen LogP contribution is -2.22. The zero-order chi connectivity index (χ0) is 17.7. The normalized spacial score (nSPS) is 12.2. The average Bonchev–Trinajstić information content (AvgIpc) is 2.57. The highest BCUT2D eigenvalue weighted by Crippen LogP contribution is 2.14. The predicted octanol–water partition coefficient (Wildman–Crippen LogP) is 2.14. The lowest BCUT2D eigenvalue weighted by atomic mass is 10.1. The molecule has 0 saturated carbocycles. The van der Waals surface area contributed by atoms with Gasteiger partial charge in [-0.2, -0.15) is 0 Å². The van der Waals surface area contributed by atoms with Gasteiger partial charge in [0.2, 0.25) is 10.0 Å². The predicted molar refractivity (Wildman–Crippen MR) is 97.6 cm³/mol. The molecule has 0 unspecified atom stereocenters. The van der Waals surface area contributed by atoms with Crippen LogP contribution in [0.25, 0.3) is 0 Å². The summed E-state index contributed by atoms with van der Waals surface area (Å²) in [4.78, 5) is 4.49. The Morgan fingerprint density at radius 2 is 1.75 bits per heavy atom. The standard InChI is InChI=1S/C17H22N4O2S/c1-12-4-7-15(10-13(12)2)21-17(18)20-11-14-5-8-16(9-6-14)24(22,23)19-3/h4-10,19H,11H2,1-3H3,(H3,18,20,21). The summed E-state index contributed by atoms with van der Waals surface area (Å²) in [6.07, 6.45) is 0. The number of hydrogen-bond donors (Lipinski definition) is 3. The summed E-state index contributed by atoms with van der Waals surface area (Å²) in [6.45, 7) is 4.45. The van der Waals surface area contributed by atoms with E-state index < -0.39 is 10.0 Å². The van der Waals surface area contributed by atoms with E-state index >= 15 is 0 Å². The fraction of sp³-hybridized carbons (Fsp3) is 0.235. The number of nitrogens with two attached hydrogens (primary N) is 1. The summed E-state index contributed by atoms with van der Waals surface area (Å²) in [7, 11) is -2.04. The molecule has 0 aliphatic carbocycles. The van der Waals surface area contributed by atoms with Gasteiger partial charge >= 0.3 is 0 Å². The number of aryl methyl sites for hydroxylation is 2. The van der Waals surface area contributed by atoms with Crippen LogP contribution < -0.4 is 15.8 Å². The molecule has 0 fully saturated rings. The van der Waals surface area contributed by atoms with Crippen LogP contribution in [-0.4, -0.2) is 21.4 Å². The number of nitrogens with zero attached hydrogens (tertiary/aromatic N) is 1. The number of sulfonamides is 1. The Hall–Kier alpha value is -2.38. The first-order valence-electron chi connectivity index (χ1n) is 7.48. The Balaban J connectivity index is 2.03. The number of guanidine groups is 1. The third kappa shape index (κ3) is 4.56. The van der Waals surface area contributed by atoms with E-state index in [4.69, 9.17) is 5.73 Å². The van der Waals surface area contributed by atoms with Crippen LogP contribution in [0.5, 0.6) is 0 Å². The third-order valence-electron chi connectivity index (χ3n) is 3.71. The first-order chi connectivity index (χ1) is 11.3. The van der Waals surface area contributed by atoms with Crippen molar-refractivity contribution < 1.29 is 8.42 Å². The van der Waals surface area contributed by atoms with Crippen LogP contribution in [0.1, 0.15) is 16.7 Å². The van der Waals surface area contributed by atoms with Gasteiger partial charge in [-0.25, -0.2) is 18.1 Å². The van der Waals surface area contributed by atoms with Crippen LogP contribution in [0.3, 0.4) is 0 Å². The Bertz CT molecular complexity index is 843. The molecule has 0 heterocycles. The summed E-state index contributed by atoms with van der Waals surface area (Å²) < 4.78 is 25.6. The maximum atomic E-state index is 11.7. The van der Waals surface area contributed by atoms with E-state index in [2.05, 4.69) is 22.0 Å². The Morgan fingerprint density at radius 1 is 1.08 bits per heavy atom. The molecule has 0 radical (unpaired) electrons. The van der Waals surface area contributed by atoms with Crippen molar-refractivity contribution in [2.45, 2.75) is 25.3 Å². The van der Waals surface area contributed by atoms with E-state index in [1.807, 2.05) is 25.1 Å². The highest BCUT2D eigenvalue weighted by molar-refractivity contribution is 7.89. The molecule has 0 spiro atoms. The maximum absolute atomic E-state index is 11.7. The molecule has 2 aromatic rings. The molecular weight excluding hydrogens is 324 g/mol. The van der Waals surface area contributed by atoms with Gasteiger partial charge < -0.3 is 11.1 Å². The number of nitrogens with one attached hydrogen (secondary N) is 2. The fourth-order valence-corrected chi connectivity index (χ4v) is 2.81. The molecule has 4 N–H and O–H groups in total. The number of aliphatic imine (C=N–C) groups is 1. The summed E-state index contributed by atoms with van der Waals surface area (Å²) in [6, 6.07) is 12.5. The van der Waals surface area contributed by atoms with Crippen LogP contribution >= 0.6 is 0 Å². The second-order valence-electron chi connectivity index (χ2n) is 5.48. The van der Waals surface area contributed by atoms with Crippen LogP contribution in [0.2, 0.25) is 0 Å². The number of rotatable bonds is 5. The topological polar surface area (TPSA) is 96.6 Å². The molecule has 0 aliphatic rings. The molecule has 0 aliphatic heterocycles. The molecule has 7 heteroatoms. The summed E-state index contributed by atoms with van der Waals surface area (Å²) in [5, 5.41) is 3.05. The zero-order valence-electron chi connectivity index (χ0n) is 14.0. The average molecular weight is 346 g/mol. The fourth-order valence-electron chi connectivity index (χ4n) is 2.07. The van der Waals surface area contributed by atoms with Gasteiger partial charge in [0.05, 0.1) is 11.4 Å². The van der Waals surface area contributed by atoms with Crippen molar-refractivity contribution in [2.24, 2.45) is 10.7 Å². The van der Waals surface area contributed by atoms with Crippen LogP contribution in [0.4, 0.5) is 5.69 Å². The van der Waals surface area contributed by atoms with E-state index in [0.717, 1.165) is 11.3 Å². The quantitative estimate of drug-likeness (QED) is 0.571. The van der Waals surface area contributed by atoms with Gasteiger partial charge in [-0.05, 0) is 61.9 Å². The molecular formula is C17H22N4O2S. The van der Waals surface area contributed by atoms with Crippen molar-refractivity contribution in [1.82, 2.24) is 4.72 Å². The van der Waals surface area contributed by atoms with Crippen LogP contribution in [-0.2, 0) is 16.6 Å². The van der Waals surface area contributed by atoms with Gasteiger partial charge in [0.15, 0.2) is 5.96 Å². The molecule has 0 saturated heterocycles. The van der Waals surface area contributed by atoms with Gasteiger partial charge in [-0.1, -0.05) is 18.2 Å². The Morgan fingerprint density at radius 3 is 2.33 bits per heavy atom. The van der Waals surface area contributed by atoms with Crippen molar-refractivity contribution in [3.8, 4) is 0 Å². The highest BCUT2D eigenvalue weighted by atomic mass is 32.2.